The lowest BCUT2D eigenvalue weighted by Crippen LogP contribution is -2.17. The first kappa shape index (κ1) is 10.8. The van der Waals surface area contributed by atoms with E-state index < -0.39 is 0 Å². The maximum absolute atomic E-state index is 6.21. The molecule has 0 aliphatic heterocycles. The van der Waals surface area contributed by atoms with E-state index in [1.54, 1.807) is 10.9 Å². The molecule has 1 unspecified atom stereocenters. The first-order valence-corrected chi connectivity index (χ1v) is 5.27. The molecule has 2 aromatic rings. The summed E-state index contributed by atoms with van der Waals surface area (Å²) < 4.78 is 1.80. The molecule has 4 heteroatoms. The molecule has 0 spiro atoms. The lowest BCUT2D eigenvalue weighted by Gasteiger charge is -2.14. The SMILES string of the molecule is Cc1ccc(C(N)c2ccnn2C)c(C)n1. The molecule has 4 nitrogen and oxygen atoms in total. The van der Waals surface area contributed by atoms with Crippen LogP contribution < -0.4 is 5.73 Å². The second kappa shape index (κ2) is 4.06. The molecule has 2 N–H and O–H groups in total. The Bertz CT molecular complexity index is 501. The Morgan fingerprint density at radius 3 is 2.56 bits per heavy atom. The van der Waals surface area contributed by atoms with Crippen molar-refractivity contribution < 1.29 is 0 Å². The van der Waals surface area contributed by atoms with Crippen LogP contribution in [0.1, 0.15) is 28.7 Å². The highest BCUT2D eigenvalue weighted by molar-refractivity contribution is 5.31. The summed E-state index contributed by atoms with van der Waals surface area (Å²) in [6, 6.07) is 5.79. The predicted molar refractivity (Wildman–Crippen MR) is 62.9 cm³/mol. The van der Waals surface area contributed by atoms with E-state index in [9.17, 15) is 0 Å². The number of aryl methyl sites for hydroxylation is 3. The molecular weight excluding hydrogens is 200 g/mol. The Hall–Kier alpha value is -1.68. The minimum absolute atomic E-state index is 0.166. The maximum atomic E-state index is 6.21. The topological polar surface area (TPSA) is 56.7 Å². The Morgan fingerprint density at radius 1 is 1.25 bits per heavy atom. The van der Waals surface area contributed by atoms with Crippen molar-refractivity contribution in [3.8, 4) is 0 Å². The van der Waals surface area contributed by atoms with Crippen LogP contribution in [-0.4, -0.2) is 14.8 Å². The summed E-state index contributed by atoms with van der Waals surface area (Å²) in [5, 5.41) is 4.13. The third-order valence-electron chi connectivity index (χ3n) is 2.78. The van der Waals surface area contributed by atoms with Gasteiger partial charge in [0.05, 0.1) is 11.7 Å². The van der Waals surface area contributed by atoms with E-state index in [1.165, 1.54) is 0 Å². The molecule has 0 aliphatic rings. The molecule has 0 aromatic carbocycles. The average molecular weight is 216 g/mol. The number of aromatic nitrogens is 3. The Kier molecular flexibility index (Phi) is 2.75. The number of nitrogens with two attached hydrogens (primary N) is 1. The summed E-state index contributed by atoms with van der Waals surface area (Å²) in [5.74, 6) is 0. The maximum Gasteiger partial charge on any atom is 0.0740 e. The van der Waals surface area contributed by atoms with Crippen molar-refractivity contribution in [1.29, 1.82) is 0 Å². The fourth-order valence-electron chi connectivity index (χ4n) is 1.87. The van der Waals surface area contributed by atoms with Gasteiger partial charge in [0.25, 0.3) is 0 Å². The molecular formula is C12H16N4. The molecule has 0 saturated carbocycles. The lowest BCUT2D eigenvalue weighted by molar-refractivity contribution is 0.669. The van der Waals surface area contributed by atoms with Gasteiger partial charge in [0.15, 0.2) is 0 Å². The molecule has 0 saturated heterocycles. The summed E-state index contributed by atoms with van der Waals surface area (Å²) in [5.41, 5.74) is 10.2. The number of hydrogen-bond donors (Lipinski definition) is 1. The van der Waals surface area contributed by atoms with Gasteiger partial charge in [-0.1, -0.05) is 6.07 Å². The second-order valence-corrected chi connectivity index (χ2v) is 3.98. The van der Waals surface area contributed by atoms with E-state index in [2.05, 4.69) is 10.1 Å². The van der Waals surface area contributed by atoms with Gasteiger partial charge in [0, 0.05) is 24.6 Å². The first-order chi connectivity index (χ1) is 7.59. The van der Waals surface area contributed by atoms with E-state index in [1.807, 2.05) is 39.1 Å². The van der Waals surface area contributed by atoms with E-state index in [0.717, 1.165) is 22.6 Å². The molecule has 16 heavy (non-hydrogen) atoms. The largest absolute Gasteiger partial charge is 0.319 e. The van der Waals surface area contributed by atoms with Crippen molar-refractivity contribution in [3.63, 3.8) is 0 Å². The van der Waals surface area contributed by atoms with Crippen molar-refractivity contribution in [2.45, 2.75) is 19.9 Å². The van der Waals surface area contributed by atoms with Crippen LogP contribution in [0.5, 0.6) is 0 Å². The Labute approximate surface area is 95.1 Å². The monoisotopic (exact) mass is 216 g/mol. The zero-order chi connectivity index (χ0) is 11.7. The van der Waals surface area contributed by atoms with Crippen molar-refractivity contribution in [2.75, 3.05) is 0 Å². The third-order valence-corrected chi connectivity index (χ3v) is 2.78. The molecule has 2 rings (SSSR count). The average Bonchev–Trinajstić information content (AvgIpc) is 2.63. The standard InChI is InChI=1S/C12H16N4/c1-8-4-5-10(9(2)15-8)12(13)11-6-7-14-16(11)3/h4-7,12H,13H2,1-3H3. The fourth-order valence-corrected chi connectivity index (χ4v) is 1.87. The normalized spacial score (nSPS) is 12.8. The van der Waals surface area contributed by atoms with Crippen LogP contribution >= 0.6 is 0 Å². The van der Waals surface area contributed by atoms with Crippen LogP contribution in [0.2, 0.25) is 0 Å². The van der Waals surface area contributed by atoms with Crippen molar-refractivity contribution in [1.82, 2.24) is 14.8 Å². The quantitative estimate of drug-likeness (QED) is 0.827. The van der Waals surface area contributed by atoms with Gasteiger partial charge in [-0.15, -0.1) is 0 Å². The minimum Gasteiger partial charge on any atom is -0.319 e. The highest BCUT2D eigenvalue weighted by atomic mass is 15.3. The summed E-state index contributed by atoms with van der Waals surface area (Å²) in [6.07, 6.45) is 1.76. The molecule has 2 heterocycles. The Balaban J connectivity index is 2.41. The lowest BCUT2D eigenvalue weighted by atomic mass is 10.0. The zero-order valence-electron chi connectivity index (χ0n) is 9.81. The van der Waals surface area contributed by atoms with Crippen molar-refractivity contribution in [2.24, 2.45) is 12.8 Å². The van der Waals surface area contributed by atoms with Crippen LogP contribution in [-0.2, 0) is 7.05 Å². The fraction of sp³-hybridized carbons (Fsp3) is 0.333. The predicted octanol–water partition coefficient (Wildman–Crippen LogP) is 1.48. The van der Waals surface area contributed by atoms with E-state index >= 15 is 0 Å². The third kappa shape index (κ3) is 1.84. The molecule has 0 radical (unpaired) electrons. The van der Waals surface area contributed by atoms with Crippen molar-refractivity contribution in [3.05, 3.63) is 47.0 Å². The molecule has 2 aromatic heterocycles. The van der Waals surface area contributed by atoms with Crippen molar-refractivity contribution >= 4 is 0 Å². The number of nitrogens with zero attached hydrogens (tertiary/aromatic N) is 3. The van der Waals surface area contributed by atoms with Gasteiger partial charge in [-0.25, -0.2) is 0 Å². The highest BCUT2D eigenvalue weighted by Gasteiger charge is 2.14. The van der Waals surface area contributed by atoms with Gasteiger partial charge in [-0.2, -0.15) is 5.10 Å². The van der Waals surface area contributed by atoms with Gasteiger partial charge in [0.1, 0.15) is 0 Å². The van der Waals surface area contributed by atoms with E-state index in [0.29, 0.717) is 0 Å². The van der Waals surface area contributed by atoms with Gasteiger partial charge in [-0.05, 0) is 31.5 Å². The van der Waals surface area contributed by atoms with E-state index in [4.69, 9.17) is 5.73 Å². The highest BCUT2D eigenvalue weighted by Crippen LogP contribution is 2.21. The smallest absolute Gasteiger partial charge is 0.0740 e. The zero-order valence-corrected chi connectivity index (χ0v) is 9.81. The van der Waals surface area contributed by atoms with Crippen LogP contribution in [0, 0.1) is 13.8 Å². The van der Waals surface area contributed by atoms with Crippen LogP contribution in [0.15, 0.2) is 24.4 Å². The summed E-state index contributed by atoms with van der Waals surface area (Å²) >= 11 is 0. The molecule has 84 valence electrons. The minimum atomic E-state index is -0.166. The van der Waals surface area contributed by atoms with E-state index in [-0.39, 0.29) is 6.04 Å². The molecule has 0 fully saturated rings. The molecule has 1 atom stereocenters. The number of hydrogen-bond acceptors (Lipinski definition) is 3. The summed E-state index contributed by atoms with van der Waals surface area (Å²) in [6.45, 7) is 3.96. The molecule has 0 bridgehead atoms. The summed E-state index contributed by atoms with van der Waals surface area (Å²) in [7, 11) is 1.89. The van der Waals surface area contributed by atoms with Crippen LogP contribution in [0.25, 0.3) is 0 Å². The number of rotatable bonds is 2. The van der Waals surface area contributed by atoms with Gasteiger partial charge >= 0.3 is 0 Å². The Morgan fingerprint density at radius 2 is 2.00 bits per heavy atom. The summed E-state index contributed by atoms with van der Waals surface area (Å²) in [4.78, 5) is 4.42. The molecule has 0 aliphatic carbocycles. The van der Waals surface area contributed by atoms with Crippen LogP contribution in [0.3, 0.4) is 0 Å². The number of pyridine rings is 1. The second-order valence-electron chi connectivity index (χ2n) is 3.98. The molecule has 0 amide bonds. The first-order valence-electron chi connectivity index (χ1n) is 5.27. The van der Waals surface area contributed by atoms with Gasteiger partial charge < -0.3 is 5.73 Å². The van der Waals surface area contributed by atoms with Crippen LogP contribution in [0.4, 0.5) is 0 Å². The van der Waals surface area contributed by atoms with Gasteiger partial charge in [-0.3, -0.25) is 9.67 Å². The van der Waals surface area contributed by atoms with Gasteiger partial charge in [0.2, 0.25) is 0 Å².